The molecule has 0 bridgehead atoms. The number of nitrogens with one attached hydrogen (secondary N) is 3. The Balaban J connectivity index is 1.75. The lowest BCUT2D eigenvalue weighted by molar-refractivity contribution is -0.384. The molecule has 25 heavy (non-hydrogen) atoms. The number of furan rings is 1. The van der Waals surface area contributed by atoms with Crippen molar-refractivity contribution in [3.63, 3.8) is 0 Å². The van der Waals surface area contributed by atoms with E-state index in [1.807, 2.05) is 0 Å². The van der Waals surface area contributed by atoms with E-state index in [-0.39, 0.29) is 18.1 Å². The van der Waals surface area contributed by atoms with Crippen LogP contribution in [0.5, 0.6) is 0 Å². The minimum atomic E-state index is -0.728. The molecule has 2 aromatic rings. The first-order chi connectivity index (χ1) is 12.0. The minimum absolute atomic E-state index is 0.0328. The first-order valence-corrected chi connectivity index (χ1v) is 7.57. The van der Waals surface area contributed by atoms with Crippen molar-refractivity contribution in [3.05, 3.63) is 58.5 Å². The number of anilines is 1. The molecule has 132 valence electrons. The summed E-state index contributed by atoms with van der Waals surface area (Å²) < 4.78 is 4.81. The first kappa shape index (κ1) is 18.0. The number of carbonyl (C=O) groups is 2. The lowest BCUT2D eigenvalue weighted by Gasteiger charge is -2.14. The van der Waals surface area contributed by atoms with E-state index in [4.69, 9.17) is 4.42 Å². The van der Waals surface area contributed by atoms with Crippen molar-refractivity contribution >= 4 is 23.2 Å². The third-order valence-corrected chi connectivity index (χ3v) is 3.36. The van der Waals surface area contributed by atoms with E-state index in [0.717, 1.165) is 0 Å². The van der Waals surface area contributed by atoms with Crippen LogP contribution in [0.3, 0.4) is 0 Å². The zero-order chi connectivity index (χ0) is 18.2. The molecule has 0 saturated carbocycles. The Hall–Kier alpha value is -3.36. The fourth-order valence-electron chi connectivity index (χ4n) is 2.06. The van der Waals surface area contributed by atoms with E-state index in [0.29, 0.717) is 17.8 Å². The second-order valence-electron chi connectivity index (χ2n) is 5.20. The predicted molar refractivity (Wildman–Crippen MR) is 90.2 cm³/mol. The molecule has 0 radical (unpaired) electrons. The fraction of sp³-hybridized carbons (Fsp3) is 0.250. The predicted octanol–water partition coefficient (Wildman–Crippen LogP) is 1.53. The number of carbonyl (C=O) groups excluding carboxylic acids is 2. The van der Waals surface area contributed by atoms with Gasteiger partial charge in [0.1, 0.15) is 18.0 Å². The molecule has 0 aliphatic carbocycles. The van der Waals surface area contributed by atoms with Gasteiger partial charge in [0.05, 0.1) is 16.7 Å². The average molecular weight is 346 g/mol. The van der Waals surface area contributed by atoms with E-state index >= 15 is 0 Å². The summed E-state index contributed by atoms with van der Waals surface area (Å²) in [6.45, 7) is 2.11. The molecule has 0 aliphatic rings. The van der Waals surface area contributed by atoms with Crippen LogP contribution in [0.1, 0.15) is 17.3 Å². The van der Waals surface area contributed by atoms with Crippen LogP contribution in [0.2, 0.25) is 0 Å². The summed E-state index contributed by atoms with van der Waals surface area (Å²) in [5.74, 6) is -0.768. The number of nitro benzene ring substituents is 1. The van der Waals surface area contributed by atoms with Gasteiger partial charge in [0.25, 0.3) is 11.6 Å². The standard InChI is InChI=1S/C16H18N4O5/c1-11(19-16(22)12-6-9-25-10-12)15(21)18-8-7-17-13-4-2-3-5-14(13)20(23)24/h2-6,9-11,17H,7-8H2,1H3,(H,18,21)(H,19,22). The maximum atomic E-state index is 11.9. The number of nitro groups is 1. The van der Waals surface area contributed by atoms with Crippen molar-refractivity contribution in [2.24, 2.45) is 0 Å². The second kappa shape index (κ2) is 8.48. The number of rotatable bonds is 8. The molecule has 3 N–H and O–H groups in total. The molecular weight excluding hydrogens is 328 g/mol. The molecule has 1 unspecified atom stereocenters. The minimum Gasteiger partial charge on any atom is -0.472 e. The Morgan fingerprint density at radius 1 is 1.24 bits per heavy atom. The van der Waals surface area contributed by atoms with Gasteiger partial charge < -0.3 is 20.4 Å². The summed E-state index contributed by atoms with van der Waals surface area (Å²) in [5.41, 5.74) is 0.676. The average Bonchev–Trinajstić information content (AvgIpc) is 3.13. The quantitative estimate of drug-likeness (QED) is 0.378. The SMILES string of the molecule is CC(NC(=O)c1ccoc1)C(=O)NCCNc1ccccc1[N+](=O)[O-]. The zero-order valence-electron chi connectivity index (χ0n) is 13.5. The van der Waals surface area contributed by atoms with Crippen molar-refractivity contribution in [2.75, 3.05) is 18.4 Å². The molecule has 9 nitrogen and oxygen atoms in total. The van der Waals surface area contributed by atoms with Gasteiger partial charge in [-0.1, -0.05) is 12.1 Å². The molecule has 1 atom stereocenters. The summed E-state index contributed by atoms with van der Waals surface area (Å²) in [5, 5.41) is 19.0. The van der Waals surface area contributed by atoms with E-state index in [9.17, 15) is 19.7 Å². The molecule has 0 aliphatic heterocycles. The third-order valence-electron chi connectivity index (χ3n) is 3.36. The van der Waals surface area contributed by atoms with Gasteiger partial charge in [0.15, 0.2) is 0 Å². The van der Waals surface area contributed by atoms with Gasteiger partial charge in [-0.05, 0) is 19.1 Å². The maximum absolute atomic E-state index is 11.9. The lowest BCUT2D eigenvalue weighted by Crippen LogP contribution is -2.45. The molecular formula is C16H18N4O5. The van der Waals surface area contributed by atoms with Crippen LogP contribution in [-0.4, -0.2) is 35.9 Å². The molecule has 0 spiro atoms. The van der Waals surface area contributed by atoms with E-state index < -0.39 is 16.9 Å². The molecule has 1 aromatic heterocycles. The molecule has 0 saturated heterocycles. The van der Waals surface area contributed by atoms with E-state index in [1.54, 1.807) is 25.1 Å². The normalized spacial score (nSPS) is 11.4. The Morgan fingerprint density at radius 2 is 2.00 bits per heavy atom. The van der Waals surface area contributed by atoms with Gasteiger partial charge in [0.2, 0.25) is 5.91 Å². The highest BCUT2D eigenvalue weighted by Gasteiger charge is 2.17. The van der Waals surface area contributed by atoms with Gasteiger partial charge in [-0.25, -0.2) is 0 Å². The van der Waals surface area contributed by atoms with Crippen molar-refractivity contribution in [3.8, 4) is 0 Å². The highest BCUT2D eigenvalue weighted by Crippen LogP contribution is 2.22. The molecule has 1 aromatic carbocycles. The first-order valence-electron chi connectivity index (χ1n) is 7.57. The van der Waals surface area contributed by atoms with Crippen LogP contribution in [0.4, 0.5) is 11.4 Å². The Kier molecular flexibility index (Phi) is 6.10. The van der Waals surface area contributed by atoms with Crippen molar-refractivity contribution < 1.29 is 18.9 Å². The highest BCUT2D eigenvalue weighted by molar-refractivity contribution is 5.97. The number of hydrogen-bond acceptors (Lipinski definition) is 6. The van der Waals surface area contributed by atoms with Gasteiger partial charge in [-0.3, -0.25) is 19.7 Å². The summed E-state index contributed by atoms with van der Waals surface area (Å²) >= 11 is 0. The third kappa shape index (κ3) is 5.06. The monoisotopic (exact) mass is 346 g/mol. The molecule has 1 heterocycles. The fourth-order valence-corrected chi connectivity index (χ4v) is 2.06. The van der Waals surface area contributed by atoms with E-state index in [1.165, 1.54) is 24.7 Å². The molecule has 9 heteroatoms. The molecule has 0 fully saturated rings. The second-order valence-corrected chi connectivity index (χ2v) is 5.20. The summed E-state index contributed by atoms with van der Waals surface area (Å²) in [4.78, 5) is 34.2. The van der Waals surface area contributed by atoms with Crippen molar-refractivity contribution in [1.82, 2.24) is 10.6 Å². The lowest BCUT2D eigenvalue weighted by atomic mass is 10.2. The summed E-state index contributed by atoms with van der Waals surface area (Å²) in [7, 11) is 0. The van der Waals surface area contributed by atoms with Crippen molar-refractivity contribution in [2.45, 2.75) is 13.0 Å². The van der Waals surface area contributed by atoms with Crippen LogP contribution in [0.15, 0.2) is 47.3 Å². The van der Waals surface area contributed by atoms with Crippen LogP contribution in [0.25, 0.3) is 0 Å². The zero-order valence-corrected chi connectivity index (χ0v) is 13.5. The van der Waals surface area contributed by atoms with Crippen molar-refractivity contribution in [1.29, 1.82) is 0 Å². The van der Waals surface area contributed by atoms with Gasteiger partial charge in [-0.2, -0.15) is 0 Å². The van der Waals surface area contributed by atoms with Crippen LogP contribution in [0, 0.1) is 10.1 Å². The van der Waals surface area contributed by atoms with Gasteiger partial charge >= 0.3 is 0 Å². The summed E-state index contributed by atoms with van der Waals surface area (Å²) in [6.07, 6.45) is 2.66. The topological polar surface area (TPSA) is 127 Å². The Labute approximate surface area is 143 Å². The number of nitrogens with zero attached hydrogens (tertiary/aromatic N) is 1. The van der Waals surface area contributed by atoms with Gasteiger partial charge in [-0.15, -0.1) is 0 Å². The highest BCUT2D eigenvalue weighted by atomic mass is 16.6. The Morgan fingerprint density at radius 3 is 2.68 bits per heavy atom. The molecule has 2 amide bonds. The van der Waals surface area contributed by atoms with Gasteiger partial charge in [0, 0.05) is 19.2 Å². The Bertz CT molecular complexity index is 745. The van der Waals surface area contributed by atoms with Crippen LogP contribution >= 0.6 is 0 Å². The smallest absolute Gasteiger partial charge is 0.292 e. The van der Waals surface area contributed by atoms with Crippen LogP contribution < -0.4 is 16.0 Å². The number of hydrogen-bond donors (Lipinski definition) is 3. The number of para-hydroxylation sites is 2. The largest absolute Gasteiger partial charge is 0.472 e. The maximum Gasteiger partial charge on any atom is 0.292 e. The molecule has 2 rings (SSSR count). The number of amides is 2. The summed E-state index contributed by atoms with van der Waals surface area (Å²) in [6, 6.07) is 7.02. The van der Waals surface area contributed by atoms with E-state index in [2.05, 4.69) is 16.0 Å². The van der Waals surface area contributed by atoms with Crippen LogP contribution in [-0.2, 0) is 4.79 Å². The number of benzene rings is 1.